The summed E-state index contributed by atoms with van der Waals surface area (Å²) in [6, 6.07) is 1.97. The van der Waals surface area contributed by atoms with Gasteiger partial charge in [0.25, 0.3) is 0 Å². The number of pyridine rings is 1. The molecule has 3 heteroatoms. The van der Waals surface area contributed by atoms with Crippen LogP contribution in [0.25, 0.3) is 0 Å². The third-order valence-corrected chi connectivity index (χ3v) is 2.92. The Labute approximate surface area is 82.8 Å². The Kier molecular flexibility index (Phi) is 2.02. The quantitative estimate of drug-likeness (QED) is 0.792. The van der Waals surface area contributed by atoms with E-state index in [1.54, 1.807) is 12.4 Å². The van der Waals surface area contributed by atoms with Crippen molar-refractivity contribution in [1.82, 2.24) is 4.98 Å². The minimum Gasteiger partial charge on any atom is -0.481 e. The topological polar surface area (TPSA) is 50.2 Å². The molecule has 1 aromatic rings. The van der Waals surface area contributed by atoms with Gasteiger partial charge in [-0.15, -0.1) is 0 Å². The molecule has 1 saturated carbocycles. The zero-order valence-corrected chi connectivity index (χ0v) is 8.16. The summed E-state index contributed by atoms with van der Waals surface area (Å²) in [5.41, 5.74) is 1.36. The molecule has 0 atom stereocenters. The smallest absolute Gasteiger partial charge is 0.314 e. The van der Waals surface area contributed by atoms with Gasteiger partial charge in [-0.1, -0.05) is 13.0 Å². The van der Waals surface area contributed by atoms with Gasteiger partial charge < -0.3 is 5.11 Å². The molecule has 0 amide bonds. The maximum atomic E-state index is 11.1. The van der Waals surface area contributed by atoms with Crippen molar-refractivity contribution in [3.8, 4) is 0 Å². The Morgan fingerprint density at radius 1 is 1.57 bits per heavy atom. The maximum Gasteiger partial charge on any atom is 0.314 e. The van der Waals surface area contributed by atoms with E-state index in [1.165, 1.54) is 0 Å². The number of aromatic nitrogens is 1. The Hall–Kier alpha value is -1.38. The minimum atomic E-state index is -0.715. The van der Waals surface area contributed by atoms with Crippen LogP contribution < -0.4 is 0 Å². The highest BCUT2D eigenvalue weighted by Gasteiger charge is 2.51. The second-order valence-electron chi connectivity index (χ2n) is 3.82. The third kappa shape index (κ3) is 1.29. The second-order valence-corrected chi connectivity index (χ2v) is 3.82. The van der Waals surface area contributed by atoms with Gasteiger partial charge in [-0.05, 0) is 30.4 Å². The van der Waals surface area contributed by atoms with Gasteiger partial charge in [0.05, 0.1) is 5.41 Å². The van der Waals surface area contributed by atoms with Crippen molar-refractivity contribution in [2.45, 2.75) is 31.6 Å². The van der Waals surface area contributed by atoms with Gasteiger partial charge in [0.1, 0.15) is 0 Å². The van der Waals surface area contributed by atoms with Crippen molar-refractivity contribution in [1.29, 1.82) is 0 Å². The van der Waals surface area contributed by atoms with Crippen LogP contribution in [0.2, 0.25) is 0 Å². The van der Waals surface area contributed by atoms with Crippen LogP contribution in [-0.2, 0) is 16.6 Å². The van der Waals surface area contributed by atoms with Crippen molar-refractivity contribution in [2.75, 3.05) is 0 Å². The summed E-state index contributed by atoms with van der Waals surface area (Å²) < 4.78 is 0. The lowest BCUT2D eigenvalue weighted by atomic mass is 9.96. The normalized spacial score (nSPS) is 17.8. The Morgan fingerprint density at radius 2 is 2.29 bits per heavy atom. The summed E-state index contributed by atoms with van der Waals surface area (Å²) in [6.07, 6.45) is 5.87. The van der Waals surface area contributed by atoms with E-state index in [4.69, 9.17) is 5.11 Å². The standard InChI is InChI=1S/C11H13NO2/c1-2-8-5-9(7-12-6-8)11(3-4-11)10(13)14/h5-7H,2-4H2,1H3,(H,13,14). The zero-order valence-electron chi connectivity index (χ0n) is 8.16. The van der Waals surface area contributed by atoms with E-state index in [9.17, 15) is 4.79 Å². The third-order valence-electron chi connectivity index (χ3n) is 2.92. The van der Waals surface area contributed by atoms with Gasteiger partial charge >= 0.3 is 5.97 Å². The highest BCUT2D eigenvalue weighted by atomic mass is 16.4. The fraction of sp³-hybridized carbons (Fsp3) is 0.455. The molecule has 1 N–H and O–H groups in total. The second kappa shape index (κ2) is 3.08. The molecule has 14 heavy (non-hydrogen) atoms. The largest absolute Gasteiger partial charge is 0.481 e. The predicted octanol–water partition coefficient (Wildman–Crippen LogP) is 1.76. The van der Waals surface area contributed by atoms with E-state index in [0.717, 1.165) is 30.4 Å². The summed E-state index contributed by atoms with van der Waals surface area (Å²) in [5, 5.41) is 9.09. The molecule has 0 spiro atoms. The molecule has 1 aromatic heterocycles. The van der Waals surface area contributed by atoms with Crippen LogP contribution in [-0.4, -0.2) is 16.1 Å². The lowest BCUT2D eigenvalue weighted by molar-refractivity contribution is -0.140. The number of nitrogens with zero attached hydrogens (tertiary/aromatic N) is 1. The number of rotatable bonds is 3. The van der Waals surface area contributed by atoms with Gasteiger partial charge in [-0.2, -0.15) is 0 Å². The van der Waals surface area contributed by atoms with Crippen molar-refractivity contribution in [3.05, 3.63) is 29.6 Å². The van der Waals surface area contributed by atoms with Gasteiger partial charge in [0.15, 0.2) is 0 Å². The Morgan fingerprint density at radius 3 is 2.79 bits per heavy atom. The Bertz CT molecular complexity index is 369. The first kappa shape index (κ1) is 9.19. The van der Waals surface area contributed by atoms with Crippen LogP contribution in [0, 0.1) is 0 Å². The van der Waals surface area contributed by atoms with Crippen molar-refractivity contribution >= 4 is 5.97 Å². The molecule has 0 saturated heterocycles. The van der Waals surface area contributed by atoms with Crippen LogP contribution in [0.5, 0.6) is 0 Å². The maximum absolute atomic E-state index is 11.1. The molecule has 0 unspecified atom stereocenters. The molecule has 0 aliphatic heterocycles. The SMILES string of the molecule is CCc1cncc(C2(C(=O)O)CC2)c1. The van der Waals surface area contributed by atoms with Crippen LogP contribution in [0.3, 0.4) is 0 Å². The first-order valence-electron chi connectivity index (χ1n) is 4.87. The molecule has 1 aliphatic carbocycles. The predicted molar refractivity (Wildman–Crippen MR) is 52.2 cm³/mol. The summed E-state index contributed by atoms with van der Waals surface area (Å²) in [6.45, 7) is 2.04. The molecule has 1 aliphatic rings. The van der Waals surface area contributed by atoms with E-state index >= 15 is 0 Å². The molecule has 1 heterocycles. The Balaban J connectivity index is 2.37. The fourth-order valence-electron chi connectivity index (χ4n) is 1.69. The zero-order chi connectivity index (χ0) is 10.2. The summed E-state index contributed by atoms with van der Waals surface area (Å²) in [4.78, 5) is 15.1. The first-order valence-corrected chi connectivity index (χ1v) is 4.87. The van der Waals surface area contributed by atoms with Crippen molar-refractivity contribution in [3.63, 3.8) is 0 Å². The summed E-state index contributed by atoms with van der Waals surface area (Å²) >= 11 is 0. The summed E-state index contributed by atoms with van der Waals surface area (Å²) in [7, 11) is 0. The average molecular weight is 191 g/mol. The molecule has 3 nitrogen and oxygen atoms in total. The first-order chi connectivity index (χ1) is 6.69. The number of carbonyl (C=O) groups is 1. The average Bonchev–Trinajstić information content (AvgIpc) is 2.98. The number of carboxylic acids is 1. The van der Waals surface area contributed by atoms with E-state index < -0.39 is 11.4 Å². The van der Waals surface area contributed by atoms with Gasteiger partial charge in [0.2, 0.25) is 0 Å². The lowest BCUT2D eigenvalue weighted by Crippen LogP contribution is -2.19. The van der Waals surface area contributed by atoms with Crippen LogP contribution in [0.15, 0.2) is 18.5 Å². The molecule has 1 fully saturated rings. The molecule has 0 aromatic carbocycles. The van der Waals surface area contributed by atoms with Crippen LogP contribution >= 0.6 is 0 Å². The number of hydrogen-bond acceptors (Lipinski definition) is 2. The van der Waals surface area contributed by atoms with Gasteiger partial charge in [-0.25, -0.2) is 0 Å². The number of hydrogen-bond donors (Lipinski definition) is 1. The fourth-order valence-corrected chi connectivity index (χ4v) is 1.69. The number of aliphatic carboxylic acids is 1. The monoisotopic (exact) mass is 191 g/mol. The van der Waals surface area contributed by atoms with Crippen molar-refractivity contribution < 1.29 is 9.90 Å². The van der Waals surface area contributed by atoms with E-state index in [1.807, 2.05) is 13.0 Å². The molecular weight excluding hydrogens is 178 g/mol. The van der Waals surface area contributed by atoms with Crippen molar-refractivity contribution in [2.24, 2.45) is 0 Å². The molecule has 2 rings (SSSR count). The summed E-state index contributed by atoms with van der Waals surface area (Å²) in [5.74, 6) is -0.715. The van der Waals surface area contributed by atoms with Gasteiger partial charge in [0, 0.05) is 12.4 Å². The minimum absolute atomic E-state index is 0.613. The molecule has 0 bridgehead atoms. The number of aryl methyl sites for hydroxylation is 1. The molecule has 0 radical (unpaired) electrons. The van der Waals surface area contributed by atoms with E-state index in [2.05, 4.69) is 4.98 Å². The highest BCUT2D eigenvalue weighted by molar-refractivity contribution is 5.84. The van der Waals surface area contributed by atoms with Gasteiger partial charge in [-0.3, -0.25) is 9.78 Å². The van der Waals surface area contributed by atoms with E-state index in [0.29, 0.717) is 0 Å². The molecule has 74 valence electrons. The number of carboxylic acid groups (broad SMARTS) is 1. The lowest BCUT2D eigenvalue weighted by Gasteiger charge is -2.10. The highest BCUT2D eigenvalue weighted by Crippen LogP contribution is 2.48. The molecular formula is C11H13NO2. The van der Waals surface area contributed by atoms with Crippen LogP contribution in [0.1, 0.15) is 30.9 Å². The van der Waals surface area contributed by atoms with Crippen LogP contribution in [0.4, 0.5) is 0 Å². The van der Waals surface area contributed by atoms with E-state index in [-0.39, 0.29) is 0 Å².